The lowest BCUT2D eigenvalue weighted by Gasteiger charge is -2.24. The predicted molar refractivity (Wildman–Crippen MR) is 77.3 cm³/mol. The normalized spacial score (nSPS) is 12.3. The van der Waals surface area contributed by atoms with Crippen molar-refractivity contribution in [2.24, 2.45) is 0 Å². The molecule has 2 aromatic rings. The smallest absolute Gasteiger partial charge is 0.258 e. The highest BCUT2D eigenvalue weighted by molar-refractivity contribution is 5.85. The van der Waals surface area contributed by atoms with Gasteiger partial charge in [-0.15, -0.1) is 0 Å². The molecule has 1 heterocycles. The van der Waals surface area contributed by atoms with Crippen LogP contribution in [0.25, 0.3) is 10.8 Å². The van der Waals surface area contributed by atoms with Crippen molar-refractivity contribution >= 4 is 10.8 Å². The third-order valence-corrected chi connectivity index (χ3v) is 3.31. The van der Waals surface area contributed by atoms with E-state index in [1.807, 2.05) is 48.9 Å². The summed E-state index contributed by atoms with van der Waals surface area (Å²) in [6.07, 6.45) is 2.02. The molecule has 2 rings (SSSR count). The first-order valence-corrected chi connectivity index (χ1v) is 6.46. The number of pyridine rings is 1. The Hall–Kier alpha value is -1.57. The van der Waals surface area contributed by atoms with Crippen molar-refractivity contribution in [1.82, 2.24) is 4.57 Å². The Morgan fingerprint density at radius 2 is 1.61 bits per heavy atom. The number of fused-ring (bicyclic) bond motifs is 1. The van der Waals surface area contributed by atoms with Crippen LogP contribution >= 0.6 is 0 Å². The summed E-state index contributed by atoms with van der Waals surface area (Å²) in [5, 5.41) is 1.89. The molecule has 0 N–H and O–H groups in total. The lowest BCUT2D eigenvalue weighted by atomic mass is 9.85. The minimum Gasteiger partial charge on any atom is -0.312 e. The Morgan fingerprint density at radius 1 is 1.06 bits per heavy atom. The van der Waals surface area contributed by atoms with Gasteiger partial charge in [0.1, 0.15) is 0 Å². The van der Waals surface area contributed by atoms with Gasteiger partial charge in [-0.05, 0) is 36.3 Å². The number of hydrogen-bond acceptors (Lipinski definition) is 1. The molecule has 1 aromatic carbocycles. The Morgan fingerprint density at radius 3 is 2.11 bits per heavy atom. The van der Waals surface area contributed by atoms with Gasteiger partial charge in [0, 0.05) is 17.6 Å². The molecule has 0 saturated heterocycles. The standard InChI is InChI=1S/C16H21NO/c1-11(2)17-10-14(16(3,4)5)12-8-6-7-9-13(12)15(17)18/h6-11H,1-5H3. The minimum absolute atomic E-state index is 0.0317. The third-order valence-electron chi connectivity index (χ3n) is 3.31. The van der Waals surface area contributed by atoms with E-state index in [2.05, 4.69) is 20.8 Å². The molecule has 0 amide bonds. The van der Waals surface area contributed by atoms with Gasteiger partial charge in [-0.2, -0.15) is 0 Å². The Bertz CT molecular complexity index is 630. The summed E-state index contributed by atoms with van der Waals surface area (Å²) in [5.74, 6) is 0. The van der Waals surface area contributed by atoms with Gasteiger partial charge in [0.25, 0.3) is 5.56 Å². The number of nitrogens with zero attached hydrogens (tertiary/aromatic N) is 1. The molecule has 0 aliphatic carbocycles. The van der Waals surface area contributed by atoms with Crippen LogP contribution in [0.3, 0.4) is 0 Å². The first kappa shape index (κ1) is 12.9. The summed E-state index contributed by atoms with van der Waals surface area (Å²) in [7, 11) is 0. The quantitative estimate of drug-likeness (QED) is 0.745. The molecule has 96 valence electrons. The summed E-state index contributed by atoms with van der Waals surface area (Å²) in [6.45, 7) is 10.6. The van der Waals surface area contributed by atoms with Crippen molar-refractivity contribution in [3.63, 3.8) is 0 Å². The van der Waals surface area contributed by atoms with E-state index in [-0.39, 0.29) is 17.0 Å². The molecular formula is C16H21NO. The number of rotatable bonds is 1. The van der Waals surface area contributed by atoms with Gasteiger partial charge in [-0.3, -0.25) is 4.79 Å². The molecule has 2 nitrogen and oxygen atoms in total. The number of aromatic nitrogens is 1. The van der Waals surface area contributed by atoms with Gasteiger partial charge in [0.2, 0.25) is 0 Å². The van der Waals surface area contributed by atoms with E-state index in [1.54, 1.807) is 0 Å². The molecule has 1 aromatic heterocycles. The maximum atomic E-state index is 12.4. The van der Waals surface area contributed by atoms with Gasteiger partial charge in [0.15, 0.2) is 0 Å². The highest BCUT2D eigenvalue weighted by Crippen LogP contribution is 2.28. The molecule has 0 saturated carbocycles. The zero-order chi connectivity index (χ0) is 13.5. The first-order valence-electron chi connectivity index (χ1n) is 6.46. The molecule has 0 unspecified atom stereocenters. The van der Waals surface area contributed by atoms with Crippen molar-refractivity contribution in [3.05, 3.63) is 46.4 Å². The second kappa shape index (κ2) is 4.27. The maximum absolute atomic E-state index is 12.4. The highest BCUT2D eigenvalue weighted by atomic mass is 16.1. The zero-order valence-corrected chi connectivity index (χ0v) is 11.8. The van der Waals surface area contributed by atoms with Crippen molar-refractivity contribution < 1.29 is 0 Å². The molecule has 0 bridgehead atoms. The second-order valence-corrected chi connectivity index (χ2v) is 6.14. The summed E-state index contributed by atoms with van der Waals surface area (Å²) >= 11 is 0. The van der Waals surface area contributed by atoms with Crippen LogP contribution in [-0.2, 0) is 5.41 Å². The zero-order valence-electron chi connectivity index (χ0n) is 11.8. The van der Waals surface area contributed by atoms with Gasteiger partial charge in [-0.25, -0.2) is 0 Å². The fourth-order valence-corrected chi connectivity index (χ4v) is 2.29. The Kier molecular flexibility index (Phi) is 3.05. The van der Waals surface area contributed by atoms with Crippen LogP contribution in [0, 0.1) is 0 Å². The van der Waals surface area contributed by atoms with Crippen LogP contribution in [0.5, 0.6) is 0 Å². The second-order valence-electron chi connectivity index (χ2n) is 6.14. The number of benzene rings is 1. The van der Waals surface area contributed by atoms with Crippen LogP contribution in [0.1, 0.15) is 46.2 Å². The molecule has 0 aliphatic heterocycles. The van der Waals surface area contributed by atoms with Crippen molar-refractivity contribution in [2.45, 2.75) is 46.1 Å². The number of hydrogen-bond donors (Lipinski definition) is 0. The topological polar surface area (TPSA) is 22.0 Å². The van der Waals surface area contributed by atoms with Crippen LogP contribution in [0.2, 0.25) is 0 Å². The fourth-order valence-electron chi connectivity index (χ4n) is 2.29. The van der Waals surface area contributed by atoms with E-state index >= 15 is 0 Å². The van der Waals surface area contributed by atoms with Gasteiger partial charge in [-0.1, -0.05) is 39.0 Å². The average molecular weight is 243 g/mol. The molecule has 0 aliphatic rings. The molecule has 0 radical (unpaired) electrons. The molecule has 0 spiro atoms. The minimum atomic E-state index is 0.0317. The van der Waals surface area contributed by atoms with E-state index in [0.29, 0.717) is 0 Å². The SMILES string of the molecule is CC(C)n1cc(C(C)(C)C)c2ccccc2c1=O. The predicted octanol–water partition coefficient (Wildman–Crippen LogP) is 3.88. The van der Waals surface area contributed by atoms with Gasteiger partial charge >= 0.3 is 0 Å². The van der Waals surface area contributed by atoms with Crippen LogP contribution < -0.4 is 5.56 Å². The fraction of sp³-hybridized carbons (Fsp3) is 0.438. The van der Waals surface area contributed by atoms with Gasteiger partial charge in [0.05, 0.1) is 0 Å². The molecule has 0 fully saturated rings. The van der Waals surface area contributed by atoms with Crippen LogP contribution in [-0.4, -0.2) is 4.57 Å². The van der Waals surface area contributed by atoms with E-state index in [4.69, 9.17) is 0 Å². The Balaban J connectivity index is 2.94. The largest absolute Gasteiger partial charge is 0.312 e. The molecule has 0 atom stereocenters. The van der Waals surface area contributed by atoms with E-state index in [0.717, 1.165) is 10.8 Å². The average Bonchev–Trinajstić information content (AvgIpc) is 2.27. The third kappa shape index (κ3) is 2.07. The molecular weight excluding hydrogens is 222 g/mol. The van der Waals surface area contributed by atoms with Crippen molar-refractivity contribution in [3.8, 4) is 0 Å². The maximum Gasteiger partial charge on any atom is 0.258 e. The highest BCUT2D eigenvalue weighted by Gasteiger charge is 2.20. The summed E-state index contributed by atoms with van der Waals surface area (Å²) in [5.41, 5.74) is 1.37. The Labute approximate surface area is 108 Å². The van der Waals surface area contributed by atoms with E-state index < -0.39 is 0 Å². The lowest BCUT2D eigenvalue weighted by Crippen LogP contribution is -2.25. The van der Waals surface area contributed by atoms with Crippen LogP contribution in [0.15, 0.2) is 35.3 Å². The van der Waals surface area contributed by atoms with E-state index in [1.165, 1.54) is 5.56 Å². The monoisotopic (exact) mass is 243 g/mol. The van der Waals surface area contributed by atoms with Gasteiger partial charge < -0.3 is 4.57 Å². The van der Waals surface area contributed by atoms with Crippen molar-refractivity contribution in [1.29, 1.82) is 0 Å². The summed E-state index contributed by atoms with van der Waals surface area (Å²) < 4.78 is 1.84. The first-order chi connectivity index (χ1) is 8.32. The molecule has 2 heteroatoms. The summed E-state index contributed by atoms with van der Waals surface area (Å²) in [4.78, 5) is 12.4. The summed E-state index contributed by atoms with van der Waals surface area (Å²) in [6, 6.07) is 8.08. The van der Waals surface area contributed by atoms with Crippen molar-refractivity contribution in [2.75, 3.05) is 0 Å². The van der Waals surface area contributed by atoms with E-state index in [9.17, 15) is 4.79 Å². The van der Waals surface area contributed by atoms with Crippen LogP contribution in [0.4, 0.5) is 0 Å². The lowest BCUT2D eigenvalue weighted by molar-refractivity contribution is 0.548. The molecule has 18 heavy (non-hydrogen) atoms.